The highest BCUT2D eigenvalue weighted by molar-refractivity contribution is 5.76. The Kier molecular flexibility index (Phi) is 5.90. The Morgan fingerprint density at radius 2 is 1.90 bits per heavy atom. The predicted molar refractivity (Wildman–Crippen MR) is 84.9 cm³/mol. The quantitative estimate of drug-likeness (QED) is 0.467. The van der Waals surface area contributed by atoms with Crippen LogP contribution in [-0.2, 0) is 10.2 Å². The summed E-state index contributed by atoms with van der Waals surface area (Å²) in [6, 6.07) is 1.87. The van der Waals surface area contributed by atoms with Crippen molar-refractivity contribution in [3.8, 4) is 0 Å². The number of carbonyl (C=O) groups is 1. The Bertz CT molecular complexity index is 481. The molecule has 1 rings (SSSR count). The van der Waals surface area contributed by atoms with Gasteiger partial charge < -0.3 is 16.1 Å². The lowest BCUT2D eigenvalue weighted by atomic mass is 9.96. The molecule has 0 spiro atoms. The molecule has 7 nitrogen and oxygen atoms in total. The van der Waals surface area contributed by atoms with Crippen molar-refractivity contribution in [2.75, 3.05) is 17.3 Å². The molecule has 0 saturated carbocycles. The van der Waals surface area contributed by atoms with Gasteiger partial charge in [0.1, 0.15) is 17.5 Å². The van der Waals surface area contributed by atoms with E-state index in [0.29, 0.717) is 30.4 Å². The molecule has 7 heteroatoms. The van der Waals surface area contributed by atoms with Crippen molar-refractivity contribution in [1.82, 2.24) is 15.3 Å². The normalized spacial score (nSPS) is 11.4. The van der Waals surface area contributed by atoms with Crippen molar-refractivity contribution in [3.05, 3.63) is 11.9 Å². The molecule has 0 atom stereocenters. The number of rotatable bonds is 6. The van der Waals surface area contributed by atoms with E-state index in [2.05, 4.69) is 26.0 Å². The Hall–Kier alpha value is -1.89. The minimum Gasteiger partial charge on any atom is -0.369 e. The second-order valence-corrected chi connectivity index (χ2v) is 6.26. The third kappa shape index (κ3) is 5.95. The van der Waals surface area contributed by atoms with Gasteiger partial charge in [0.15, 0.2) is 0 Å². The number of nitrogens with zero attached hydrogens (tertiary/aromatic N) is 2. The van der Waals surface area contributed by atoms with Gasteiger partial charge in [-0.15, -0.1) is 0 Å². The van der Waals surface area contributed by atoms with Gasteiger partial charge in [-0.1, -0.05) is 20.8 Å². The summed E-state index contributed by atoms with van der Waals surface area (Å²) >= 11 is 0. The smallest absolute Gasteiger partial charge is 0.221 e. The molecular formula is C14H26N6O. The van der Waals surface area contributed by atoms with E-state index in [1.165, 1.54) is 0 Å². The molecule has 0 aliphatic carbocycles. The SMILES string of the molecule is CC(C)NC(=O)CCNc1cc(NN)nc(C(C)(C)C)n1. The van der Waals surface area contributed by atoms with Crippen LogP contribution in [0.5, 0.6) is 0 Å². The second-order valence-electron chi connectivity index (χ2n) is 6.26. The first-order chi connectivity index (χ1) is 9.72. The first-order valence-corrected chi connectivity index (χ1v) is 7.12. The largest absolute Gasteiger partial charge is 0.369 e. The van der Waals surface area contributed by atoms with E-state index < -0.39 is 0 Å². The summed E-state index contributed by atoms with van der Waals surface area (Å²) in [5.41, 5.74) is 2.35. The third-order valence-corrected chi connectivity index (χ3v) is 2.65. The van der Waals surface area contributed by atoms with Gasteiger partial charge in [-0.3, -0.25) is 4.79 Å². The number of hydrogen-bond acceptors (Lipinski definition) is 6. The Morgan fingerprint density at radius 1 is 1.29 bits per heavy atom. The maximum absolute atomic E-state index is 11.6. The zero-order valence-electron chi connectivity index (χ0n) is 13.4. The molecule has 0 fully saturated rings. The van der Waals surface area contributed by atoms with Crippen LogP contribution < -0.4 is 21.9 Å². The highest BCUT2D eigenvalue weighted by Gasteiger charge is 2.19. The summed E-state index contributed by atoms with van der Waals surface area (Å²) in [6.07, 6.45) is 0.387. The monoisotopic (exact) mass is 294 g/mol. The topological polar surface area (TPSA) is 105 Å². The van der Waals surface area contributed by atoms with Crippen LogP contribution in [0.25, 0.3) is 0 Å². The van der Waals surface area contributed by atoms with Crippen LogP contribution in [0.2, 0.25) is 0 Å². The molecule has 1 amide bonds. The standard InChI is InChI=1S/C14H26N6O/c1-9(2)17-12(21)6-7-16-10-8-11(20-15)19-13(18-10)14(3,4)5/h8-9H,6-7,15H2,1-5H3,(H,17,21)(H2,16,18,19,20). The van der Waals surface area contributed by atoms with Crippen LogP contribution in [-0.4, -0.2) is 28.5 Å². The number of hydrazine groups is 1. The van der Waals surface area contributed by atoms with Crippen molar-refractivity contribution in [1.29, 1.82) is 0 Å². The van der Waals surface area contributed by atoms with Crippen molar-refractivity contribution in [2.45, 2.75) is 52.5 Å². The fourth-order valence-electron chi connectivity index (χ4n) is 1.65. The molecule has 0 aliphatic rings. The van der Waals surface area contributed by atoms with E-state index in [1.807, 2.05) is 34.6 Å². The van der Waals surface area contributed by atoms with Gasteiger partial charge in [-0.25, -0.2) is 15.8 Å². The molecular weight excluding hydrogens is 268 g/mol. The molecule has 0 aliphatic heterocycles. The first-order valence-electron chi connectivity index (χ1n) is 7.12. The van der Waals surface area contributed by atoms with Crippen LogP contribution >= 0.6 is 0 Å². The van der Waals surface area contributed by atoms with Crippen LogP contribution in [0.4, 0.5) is 11.6 Å². The summed E-state index contributed by atoms with van der Waals surface area (Å²) in [4.78, 5) is 20.4. The maximum Gasteiger partial charge on any atom is 0.221 e. The highest BCUT2D eigenvalue weighted by Crippen LogP contribution is 2.21. The van der Waals surface area contributed by atoms with Gasteiger partial charge in [0.05, 0.1) is 0 Å². The van der Waals surface area contributed by atoms with E-state index in [1.54, 1.807) is 6.07 Å². The zero-order valence-corrected chi connectivity index (χ0v) is 13.4. The lowest BCUT2D eigenvalue weighted by Crippen LogP contribution is -2.31. The number of hydrogen-bond donors (Lipinski definition) is 4. The number of nitrogens with two attached hydrogens (primary N) is 1. The van der Waals surface area contributed by atoms with Crippen LogP contribution in [0.3, 0.4) is 0 Å². The molecule has 0 bridgehead atoms. The third-order valence-electron chi connectivity index (χ3n) is 2.65. The van der Waals surface area contributed by atoms with E-state index in [4.69, 9.17) is 5.84 Å². The molecule has 0 aromatic carbocycles. The van der Waals surface area contributed by atoms with Crippen molar-refractivity contribution in [3.63, 3.8) is 0 Å². The lowest BCUT2D eigenvalue weighted by molar-refractivity contribution is -0.121. The number of carbonyl (C=O) groups excluding carboxylic acids is 1. The summed E-state index contributed by atoms with van der Waals surface area (Å²) in [5.74, 6) is 7.33. The van der Waals surface area contributed by atoms with E-state index >= 15 is 0 Å². The van der Waals surface area contributed by atoms with Crippen molar-refractivity contribution in [2.24, 2.45) is 5.84 Å². The van der Waals surface area contributed by atoms with Crippen LogP contribution in [0.15, 0.2) is 6.07 Å². The summed E-state index contributed by atoms with van der Waals surface area (Å²) in [7, 11) is 0. The van der Waals surface area contributed by atoms with Crippen LogP contribution in [0, 0.1) is 0 Å². The maximum atomic E-state index is 11.6. The molecule has 0 radical (unpaired) electrons. The van der Waals surface area contributed by atoms with Crippen molar-refractivity contribution < 1.29 is 4.79 Å². The average molecular weight is 294 g/mol. The number of nitrogens with one attached hydrogen (secondary N) is 3. The Morgan fingerprint density at radius 3 is 2.43 bits per heavy atom. The average Bonchev–Trinajstić information content (AvgIpc) is 2.36. The molecule has 118 valence electrons. The Balaban J connectivity index is 2.68. The van der Waals surface area contributed by atoms with E-state index in [9.17, 15) is 4.79 Å². The number of aromatic nitrogens is 2. The van der Waals surface area contributed by atoms with Gasteiger partial charge >= 0.3 is 0 Å². The van der Waals surface area contributed by atoms with Gasteiger partial charge in [-0.2, -0.15) is 0 Å². The number of anilines is 2. The molecule has 0 unspecified atom stereocenters. The fraction of sp³-hybridized carbons (Fsp3) is 0.643. The lowest BCUT2D eigenvalue weighted by Gasteiger charge is -2.18. The number of amides is 1. The summed E-state index contributed by atoms with van der Waals surface area (Å²) in [6.45, 7) is 10.5. The summed E-state index contributed by atoms with van der Waals surface area (Å²) < 4.78 is 0. The molecule has 5 N–H and O–H groups in total. The van der Waals surface area contributed by atoms with Crippen LogP contribution in [0.1, 0.15) is 46.9 Å². The van der Waals surface area contributed by atoms with Gasteiger partial charge in [0.25, 0.3) is 0 Å². The van der Waals surface area contributed by atoms with E-state index in [-0.39, 0.29) is 17.4 Å². The molecule has 1 aromatic rings. The molecule has 0 saturated heterocycles. The number of nitrogen functional groups attached to an aromatic ring is 1. The van der Waals surface area contributed by atoms with Crippen molar-refractivity contribution >= 4 is 17.5 Å². The van der Waals surface area contributed by atoms with Gasteiger partial charge in [0, 0.05) is 30.5 Å². The molecule has 1 heterocycles. The fourth-order valence-corrected chi connectivity index (χ4v) is 1.65. The minimum atomic E-state index is -0.182. The minimum absolute atomic E-state index is 0.0137. The second kappa shape index (κ2) is 7.21. The molecule has 1 aromatic heterocycles. The van der Waals surface area contributed by atoms with E-state index in [0.717, 1.165) is 0 Å². The zero-order chi connectivity index (χ0) is 16.0. The first kappa shape index (κ1) is 17.2. The summed E-state index contributed by atoms with van der Waals surface area (Å²) in [5, 5.41) is 5.97. The van der Waals surface area contributed by atoms with Gasteiger partial charge in [-0.05, 0) is 13.8 Å². The van der Waals surface area contributed by atoms with Gasteiger partial charge in [0.2, 0.25) is 5.91 Å². The predicted octanol–water partition coefficient (Wildman–Crippen LogP) is 1.39. The Labute approximate surface area is 126 Å². The molecule has 21 heavy (non-hydrogen) atoms. The highest BCUT2D eigenvalue weighted by atomic mass is 16.1.